The second kappa shape index (κ2) is 9.35. The van der Waals surface area contributed by atoms with Crippen LogP contribution in [0, 0.1) is 0 Å². The second-order valence-corrected chi connectivity index (χ2v) is 7.16. The number of carbonyl (C=O) groups is 1. The number of hydrogen-bond acceptors (Lipinski definition) is 5. The molecule has 0 saturated carbocycles. The molecule has 0 unspecified atom stereocenters. The third-order valence-electron chi connectivity index (χ3n) is 5.28. The number of benzene rings is 2. The average Bonchev–Trinajstić information content (AvgIpc) is 2.94. The Hall–Kier alpha value is -3.47. The van der Waals surface area contributed by atoms with Crippen molar-refractivity contribution in [3.63, 3.8) is 0 Å². The van der Waals surface area contributed by atoms with Gasteiger partial charge in [0.25, 0.3) is 0 Å². The molecule has 1 aliphatic rings. The third kappa shape index (κ3) is 4.40. The van der Waals surface area contributed by atoms with Gasteiger partial charge in [-0.3, -0.25) is 4.98 Å². The van der Waals surface area contributed by atoms with Crippen molar-refractivity contribution < 1.29 is 14.4 Å². The molecule has 5 heteroatoms. The number of nitrogens with zero attached hydrogens (tertiary/aromatic N) is 2. The Morgan fingerprint density at radius 1 is 1.03 bits per heavy atom. The fraction of sp³-hybridized carbons (Fsp3) is 0.240. The molecule has 0 spiro atoms. The van der Waals surface area contributed by atoms with Crippen molar-refractivity contribution in [3.05, 3.63) is 100 Å². The summed E-state index contributed by atoms with van der Waals surface area (Å²) in [6, 6.07) is 20.5. The summed E-state index contributed by atoms with van der Waals surface area (Å²) in [5.74, 6) is -0.319. The number of pyridine rings is 1. The van der Waals surface area contributed by atoms with Gasteiger partial charge in [-0.2, -0.15) is 0 Å². The molecule has 0 aliphatic heterocycles. The lowest BCUT2D eigenvalue weighted by atomic mass is 9.89. The van der Waals surface area contributed by atoms with Crippen LogP contribution in [-0.2, 0) is 29.0 Å². The van der Waals surface area contributed by atoms with E-state index in [9.17, 15) is 4.79 Å². The van der Waals surface area contributed by atoms with Crippen LogP contribution < -0.4 is 0 Å². The number of ether oxygens (including phenoxy) is 1. The molecule has 0 bridgehead atoms. The lowest BCUT2D eigenvalue weighted by Crippen LogP contribution is -2.06. The normalized spacial score (nSPS) is 13.4. The smallest absolute Gasteiger partial charge is 0.339 e. The predicted molar refractivity (Wildman–Crippen MR) is 116 cm³/mol. The van der Waals surface area contributed by atoms with Gasteiger partial charge in [0, 0.05) is 12.1 Å². The van der Waals surface area contributed by atoms with E-state index in [1.807, 2.05) is 6.21 Å². The van der Waals surface area contributed by atoms with E-state index in [1.165, 1.54) is 28.5 Å². The van der Waals surface area contributed by atoms with Crippen LogP contribution in [0.3, 0.4) is 0 Å². The van der Waals surface area contributed by atoms with E-state index in [-0.39, 0.29) is 18.5 Å². The molecule has 0 fully saturated rings. The second-order valence-electron chi connectivity index (χ2n) is 7.16. The van der Waals surface area contributed by atoms with Gasteiger partial charge in [0.15, 0.2) is 6.61 Å². The van der Waals surface area contributed by atoms with Gasteiger partial charge in [0.1, 0.15) is 0 Å². The lowest BCUT2D eigenvalue weighted by molar-refractivity contribution is 0.0525. The molecule has 1 aliphatic carbocycles. The molecule has 0 N–H and O–H groups in total. The zero-order chi connectivity index (χ0) is 20.8. The highest BCUT2D eigenvalue weighted by atomic mass is 16.6. The molecule has 152 valence electrons. The van der Waals surface area contributed by atoms with E-state index < -0.39 is 0 Å². The number of aromatic nitrogens is 1. The van der Waals surface area contributed by atoms with Gasteiger partial charge in [-0.25, -0.2) is 4.79 Å². The minimum Gasteiger partial charge on any atom is -0.462 e. The van der Waals surface area contributed by atoms with E-state index >= 15 is 0 Å². The number of esters is 1. The van der Waals surface area contributed by atoms with E-state index in [2.05, 4.69) is 58.7 Å². The summed E-state index contributed by atoms with van der Waals surface area (Å²) >= 11 is 0. The van der Waals surface area contributed by atoms with E-state index in [4.69, 9.17) is 9.57 Å². The fourth-order valence-electron chi connectivity index (χ4n) is 3.78. The monoisotopic (exact) mass is 400 g/mol. The molecular formula is C25H24N2O3. The minimum atomic E-state index is -0.374. The highest BCUT2D eigenvalue weighted by Gasteiger charge is 2.21. The van der Waals surface area contributed by atoms with Crippen molar-refractivity contribution >= 4 is 12.2 Å². The van der Waals surface area contributed by atoms with Crippen LogP contribution in [0.1, 0.15) is 51.1 Å². The first-order chi connectivity index (χ1) is 14.8. The van der Waals surface area contributed by atoms with Crippen molar-refractivity contribution in [2.75, 3.05) is 6.61 Å². The highest BCUT2D eigenvalue weighted by Crippen LogP contribution is 2.33. The van der Waals surface area contributed by atoms with Crippen LogP contribution in [0.4, 0.5) is 0 Å². The summed E-state index contributed by atoms with van der Waals surface area (Å²) in [7, 11) is 0. The Kier molecular flexibility index (Phi) is 6.18. The molecule has 0 saturated heterocycles. The molecule has 0 atom stereocenters. The van der Waals surface area contributed by atoms with Gasteiger partial charge in [-0.1, -0.05) is 53.7 Å². The zero-order valence-corrected chi connectivity index (χ0v) is 17.0. The average molecular weight is 400 g/mol. The van der Waals surface area contributed by atoms with E-state index in [0.29, 0.717) is 17.9 Å². The maximum atomic E-state index is 11.7. The largest absolute Gasteiger partial charge is 0.462 e. The van der Waals surface area contributed by atoms with Crippen molar-refractivity contribution in [3.8, 4) is 0 Å². The molecule has 4 rings (SSSR count). The Bertz CT molecular complexity index is 997. The Labute approximate surface area is 176 Å². The number of oxime groups is 1. The van der Waals surface area contributed by atoms with Gasteiger partial charge in [-0.15, -0.1) is 0 Å². The first-order valence-electron chi connectivity index (χ1n) is 10.2. The first kappa shape index (κ1) is 19.8. The Morgan fingerprint density at radius 2 is 1.70 bits per heavy atom. The van der Waals surface area contributed by atoms with Crippen LogP contribution in [0.25, 0.3) is 0 Å². The number of aryl methyl sites for hydroxylation is 2. The Balaban J connectivity index is 1.47. The third-order valence-corrected chi connectivity index (χ3v) is 5.28. The van der Waals surface area contributed by atoms with Crippen LogP contribution in [0.15, 0.2) is 72.0 Å². The molecule has 1 heterocycles. The van der Waals surface area contributed by atoms with Crippen molar-refractivity contribution in [2.24, 2.45) is 5.16 Å². The van der Waals surface area contributed by atoms with Gasteiger partial charge >= 0.3 is 5.97 Å². The summed E-state index contributed by atoms with van der Waals surface area (Å²) in [5, 5.41) is 4.26. The number of carbonyl (C=O) groups excluding carboxylic acids is 1. The standard InChI is InChI=1S/C25H24N2O3/c1-2-29-25(28)20-13-14-21(26-15-20)17-30-27-16-24-22-9-5-3-7-18(22)11-12-19-8-4-6-10-23(19)24/h3-10,13-16,24H,2,11-12,17H2,1H3/b27-16+. The number of fused-ring (bicyclic) bond motifs is 2. The quantitative estimate of drug-likeness (QED) is 0.342. The zero-order valence-electron chi connectivity index (χ0n) is 17.0. The number of hydrogen-bond donors (Lipinski definition) is 0. The summed E-state index contributed by atoms with van der Waals surface area (Å²) in [4.78, 5) is 21.5. The van der Waals surface area contributed by atoms with Gasteiger partial charge in [0.2, 0.25) is 0 Å². The molecular weight excluding hydrogens is 376 g/mol. The molecule has 0 radical (unpaired) electrons. The van der Waals surface area contributed by atoms with Gasteiger partial charge in [-0.05, 0) is 54.2 Å². The molecule has 3 aromatic rings. The molecule has 2 aromatic carbocycles. The summed E-state index contributed by atoms with van der Waals surface area (Å²) < 4.78 is 4.97. The molecule has 5 nitrogen and oxygen atoms in total. The summed E-state index contributed by atoms with van der Waals surface area (Å²) in [5.41, 5.74) is 6.36. The SMILES string of the molecule is CCOC(=O)c1ccc(CO/N=C/C2c3ccccc3CCc3ccccc32)nc1. The maximum absolute atomic E-state index is 11.7. The fourth-order valence-corrected chi connectivity index (χ4v) is 3.78. The maximum Gasteiger partial charge on any atom is 0.339 e. The summed E-state index contributed by atoms with van der Waals surface area (Å²) in [6.07, 6.45) is 5.42. The van der Waals surface area contributed by atoms with Crippen molar-refractivity contribution in [1.82, 2.24) is 4.98 Å². The van der Waals surface area contributed by atoms with Crippen molar-refractivity contribution in [1.29, 1.82) is 0 Å². The van der Waals surface area contributed by atoms with Gasteiger partial charge < -0.3 is 9.57 Å². The van der Waals surface area contributed by atoms with Crippen LogP contribution in [0.2, 0.25) is 0 Å². The van der Waals surface area contributed by atoms with E-state index in [0.717, 1.165) is 12.8 Å². The summed E-state index contributed by atoms with van der Waals surface area (Å²) in [6.45, 7) is 2.35. The van der Waals surface area contributed by atoms with Crippen LogP contribution in [0.5, 0.6) is 0 Å². The van der Waals surface area contributed by atoms with Gasteiger partial charge in [0.05, 0.1) is 24.1 Å². The molecule has 1 aromatic heterocycles. The number of rotatable bonds is 6. The van der Waals surface area contributed by atoms with Crippen molar-refractivity contribution in [2.45, 2.75) is 32.3 Å². The highest BCUT2D eigenvalue weighted by molar-refractivity contribution is 5.88. The van der Waals surface area contributed by atoms with E-state index in [1.54, 1.807) is 19.1 Å². The lowest BCUT2D eigenvalue weighted by Gasteiger charge is -2.15. The minimum absolute atomic E-state index is 0.0547. The van der Waals surface area contributed by atoms with Crippen LogP contribution >= 0.6 is 0 Å². The molecule has 0 amide bonds. The topological polar surface area (TPSA) is 60.8 Å². The first-order valence-corrected chi connectivity index (χ1v) is 10.2. The molecule has 30 heavy (non-hydrogen) atoms. The predicted octanol–water partition coefficient (Wildman–Crippen LogP) is 4.69. The van der Waals surface area contributed by atoms with Crippen LogP contribution in [-0.4, -0.2) is 23.8 Å². The Morgan fingerprint density at radius 3 is 2.30 bits per heavy atom.